The number of carbonyl (C=O) groups excluding carboxylic acids is 1. The van der Waals surface area contributed by atoms with Crippen LogP contribution in [0, 0.1) is 25.7 Å². The zero-order valence-corrected chi connectivity index (χ0v) is 25.7. The first-order chi connectivity index (χ1) is 20.2. The molecular formula is C35H48N2O5. The maximum Gasteiger partial charge on any atom is 0.327 e. The van der Waals surface area contributed by atoms with E-state index in [2.05, 4.69) is 61.2 Å². The van der Waals surface area contributed by atoms with Crippen LogP contribution in [-0.4, -0.2) is 78.3 Å². The highest BCUT2D eigenvalue weighted by molar-refractivity contribution is 5.91. The molecule has 1 atom stereocenters. The van der Waals surface area contributed by atoms with Gasteiger partial charge in [0, 0.05) is 38.4 Å². The summed E-state index contributed by atoms with van der Waals surface area (Å²) in [7, 11) is 1.71. The maximum atomic E-state index is 12.7. The highest BCUT2D eigenvalue weighted by Gasteiger charge is 2.30. The number of rotatable bonds is 9. The third-order valence-electron chi connectivity index (χ3n) is 8.68. The molecule has 4 rings (SSSR count). The van der Waals surface area contributed by atoms with Gasteiger partial charge >= 0.3 is 5.97 Å². The average Bonchev–Trinajstić information content (AvgIpc) is 3.01. The second-order valence-electron chi connectivity index (χ2n) is 11.5. The molecule has 7 nitrogen and oxygen atoms in total. The smallest absolute Gasteiger partial charge is 0.327 e. The molecule has 0 saturated carbocycles. The summed E-state index contributed by atoms with van der Waals surface area (Å²) in [5.74, 6) is 1.47. The summed E-state index contributed by atoms with van der Waals surface area (Å²) in [6.45, 7) is 10.7. The molecule has 2 aromatic rings. The molecule has 2 N–H and O–H groups in total. The van der Waals surface area contributed by atoms with Crippen LogP contribution in [0.3, 0.4) is 0 Å². The number of carbonyl (C=O) groups is 2. The van der Waals surface area contributed by atoms with Crippen molar-refractivity contribution in [2.75, 3.05) is 46.4 Å². The Bertz CT molecular complexity index is 1190. The van der Waals surface area contributed by atoms with Gasteiger partial charge < -0.3 is 24.7 Å². The van der Waals surface area contributed by atoms with Crippen LogP contribution in [0.4, 0.5) is 0 Å². The number of methoxy groups -OCH3 is 1. The number of likely N-dealkylation sites (tertiary alicyclic amines) is 2. The van der Waals surface area contributed by atoms with Gasteiger partial charge in [0.15, 0.2) is 0 Å². The predicted molar refractivity (Wildman–Crippen MR) is 169 cm³/mol. The summed E-state index contributed by atoms with van der Waals surface area (Å²) in [5.41, 5.74) is 4.97. The lowest BCUT2D eigenvalue weighted by molar-refractivity contribution is -0.131. The lowest BCUT2D eigenvalue weighted by atomic mass is 9.83. The minimum absolute atomic E-state index is 0.0906. The van der Waals surface area contributed by atoms with Crippen LogP contribution in [0.2, 0.25) is 0 Å². The van der Waals surface area contributed by atoms with Crippen molar-refractivity contribution in [1.82, 2.24) is 9.80 Å². The van der Waals surface area contributed by atoms with Gasteiger partial charge in [0.2, 0.25) is 5.91 Å². The van der Waals surface area contributed by atoms with Crippen LogP contribution < -0.4 is 4.74 Å². The molecular weight excluding hydrogens is 528 g/mol. The van der Waals surface area contributed by atoms with Crippen LogP contribution in [0.1, 0.15) is 60.8 Å². The van der Waals surface area contributed by atoms with E-state index in [9.17, 15) is 14.7 Å². The minimum Gasteiger partial charge on any atom is -0.497 e. The van der Waals surface area contributed by atoms with Crippen molar-refractivity contribution in [2.45, 2.75) is 52.4 Å². The molecule has 0 radical (unpaired) electrons. The van der Waals surface area contributed by atoms with E-state index < -0.39 is 5.97 Å². The van der Waals surface area contributed by atoms with Crippen LogP contribution >= 0.6 is 0 Å². The number of aliphatic hydroxyl groups is 1. The molecule has 2 aliphatic heterocycles. The van der Waals surface area contributed by atoms with Gasteiger partial charge in [-0.2, -0.15) is 0 Å². The van der Waals surface area contributed by atoms with Gasteiger partial charge in [0.1, 0.15) is 5.75 Å². The largest absolute Gasteiger partial charge is 0.497 e. The number of piperidine rings is 2. The lowest BCUT2D eigenvalue weighted by Gasteiger charge is -2.39. The molecule has 2 aromatic carbocycles. The van der Waals surface area contributed by atoms with Crippen molar-refractivity contribution in [2.24, 2.45) is 11.8 Å². The SMILES string of the molecule is C/C=C/C(=O)O.COc1ccc(C2CCN(CC(CO)C3CCN(C(=O)/C=C/c4ccc(C)c(C)c4)CC3)CC2)cc1. The summed E-state index contributed by atoms with van der Waals surface area (Å²) < 4.78 is 5.29. The van der Waals surface area contributed by atoms with E-state index in [4.69, 9.17) is 9.84 Å². The van der Waals surface area contributed by atoms with E-state index in [1.807, 2.05) is 11.0 Å². The first-order valence-corrected chi connectivity index (χ1v) is 15.1. The number of benzene rings is 2. The van der Waals surface area contributed by atoms with E-state index >= 15 is 0 Å². The summed E-state index contributed by atoms with van der Waals surface area (Å²) >= 11 is 0. The Balaban J connectivity index is 0.000000730. The van der Waals surface area contributed by atoms with Gasteiger partial charge in [-0.3, -0.25) is 4.79 Å². The van der Waals surface area contributed by atoms with Crippen LogP contribution in [0.5, 0.6) is 5.75 Å². The fourth-order valence-corrected chi connectivity index (χ4v) is 5.89. The quantitative estimate of drug-likeness (QED) is 0.372. The standard InChI is InChI=1S/C31H42N2O3.C4H6O2/c1-23-4-5-25(20-24(23)2)6-11-31(35)33-18-14-28(15-19-33)29(22-34)21-32-16-12-27(13-17-32)26-7-9-30(36-3)10-8-26;1-2-3-4(5)6/h4-11,20,27-29,34H,12-19,21-22H2,1-3H3;2-3H,1H3,(H,5,6)/b11-6+;3-2+. The summed E-state index contributed by atoms with van der Waals surface area (Å²) in [6.07, 6.45) is 10.4. The highest BCUT2D eigenvalue weighted by atomic mass is 16.5. The highest BCUT2D eigenvalue weighted by Crippen LogP contribution is 2.31. The average molecular weight is 577 g/mol. The summed E-state index contributed by atoms with van der Waals surface area (Å²) in [6, 6.07) is 14.8. The number of allylic oxidation sites excluding steroid dienone is 1. The maximum absolute atomic E-state index is 12.7. The van der Waals surface area contributed by atoms with Crippen LogP contribution in [0.15, 0.2) is 60.7 Å². The van der Waals surface area contributed by atoms with E-state index in [0.717, 1.165) is 75.8 Å². The van der Waals surface area contributed by atoms with Crippen LogP contribution in [-0.2, 0) is 9.59 Å². The molecule has 0 aliphatic carbocycles. The summed E-state index contributed by atoms with van der Waals surface area (Å²) in [4.78, 5) is 26.8. The molecule has 228 valence electrons. The Hall–Kier alpha value is -3.42. The Kier molecular flexibility index (Phi) is 13.3. The molecule has 42 heavy (non-hydrogen) atoms. The Morgan fingerprint density at radius 2 is 1.62 bits per heavy atom. The predicted octanol–water partition coefficient (Wildman–Crippen LogP) is 5.70. The number of nitrogens with zero attached hydrogens (tertiary/aromatic N) is 2. The first kappa shape index (κ1) is 33.1. The summed E-state index contributed by atoms with van der Waals surface area (Å²) in [5, 5.41) is 18.0. The molecule has 2 fully saturated rings. The fraction of sp³-hybridized carbons (Fsp3) is 0.486. The van der Waals surface area contributed by atoms with Crippen molar-refractivity contribution in [1.29, 1.82) is 0 Å². The van der Waals surface area contributed by atoms with Gasteiger partial charge in [0.05, 0.1) is 7.11 Å². The number of aliphatic hydroxyl groups excluding tert-OH is 1. The molecule has 2 aliphatic rings. The Morgan fingerprint density at radius 3 is 2.14 bits per heavy atom. The third-order valence-corrected chi connectivity index (χ3v) is 8.68. The van der Waals surface area contributed by atoms with Crippen molar-refractivity contribution in [3.05, 3.63) is 82.9 Å². The number of amides is 1. The van der Waals surface area contributed by atoms with Crippen molar-refractivity contribution >= 4 is 18.0 Å². The molecule has 1 unspecified atom stereocenters. The number of carboxylic acids is 1. The minimum atomic E-state index is -0.891. The Morgan fingerprint density at radius 1 is 0.952 bits per heavy atom. The number of aryl methyl sites for hydroxylation is 2. The number of aliphatic carboxylic acids is 1. The van der Waals surface area contributed by atoms with Gasteiger partial charge in [-0.25, -0.2) is 4.79 Å². The number of hydrogen-bond donors (Lipinski definition) is 2. The fourth-order valence-electron chi connectivity index (χ4n) is 5.89. The van der Waals surface area contributed by atoms with Crippen molar-refractivity contribution < 1.29 is 24.5 Å². The molecule has 7 heteroatoms. The van der Waals surface area contributed by atoms with Gasteiger partial charge in [-0.15, -0.1) is 0 Å². The van der Waals surface area contributed by atoms with E-state index in [0.29, 0.717) is 11.8 Å². The van der Waals surface area contributed by atoms with Gasteiger partial charge in [-0.1, -0.05) is 36.4 Å². The van der Waals surface area contributed by atoms with Crippen LogP contribution in [0.25, 0.3) is 6.08 Å². The number of ether oxygens (including phenoxy) is 1. The van der Waals surface area contributed by atoms with Gasteiger partial charge in [-0.05, 0) is 118 Å². The number of carboxylic acid groups (broad SMARTS) is 1. The molecule has 0 aromatic heterocycles. The zero-order chi connectivity index (χ0) is 30.5. The van der Waals surface area contributed by atoms with E-state index in [1.54, 1.807) is 20.1 Å². The van der Waals surface area contributed by atoms with Gasteiger partial charge in [0.25, 0.3) is 0 Å². The van der Waals surface area contributed by atoms with Crippen molar-refractivity contribution in [3.63, 3.8) is 0 Å². The second-order valence-corrected chi connectivity index (χ2v) is 11.5. The third kappa shape index (κ3) is 10.1. The molecule has 1 amide bonds. The number of hydrogen-bond acceptors (Lipinski definition) is 5. The molecule has 2 heterocycles. The molecule has 0 spiro atoms. The Labute approximate surface area is 251 Å². The molecule has 0 bridgehead atoms. The first-order valence-electron chi connectivity index (χ1n) is 15.1. The van der Waals surface area contributed by atoms with E-state index in [1.165, 1.54) is 22.8 Å². The topological polar surface area (TPSA) is 90.3 Å². The van der Waals surface area contributed by atoms with E-state index in [-0.39, 0.29) is 18.4 Å². The second kappa shape index (κ2) is 16.9. The zero-order valence-electron chi connectivity index (χ0n) is 25.7. The van der Waals surface area contributed by atoms with Crippen molar-refractivity contribution in [3.8, 4) is 5.75 Å². The molecule has 2 saturated heterocycles. The monoisotopic (exact) mass is 576 g/mol. The lowest BCUT2D eigenvalue weighted by Crippen LogP contribution is -2.44. The normalized spacial score (nSPS) is 17.7.